The SMILES string of the molecule is CCc1ccc(C(CNC(=O)C(NC(=O)c2ccccc2C)C(C)C)N(C)C)cc1. The lowest BCUT2D eigenvalue weighted by molar-refractivity contribution is -0.124. The van der Waals surface area contributed by atoms with Crippen molar-refractivity contribution in [3.63, 3.8) is 0 Å². The summed E-state index contributed by atoms with van der Waals surface area (Å²) >= 11 is 0. The fourth-order valence-corrected chi connectivity index (χ4v) is 3.46. The number of hydrogen-bond acceptors (Lipinski definition) is 3. The van der Waals surface area contributed by atoms with Crippen LogP contribution in [0.2, 0.25) is 0 Å². The van der Waals surface area contributed by atoms with E-state index in [1.807, 2.05) is 53.1 Å². The minimum absolute atomic E-state index is 0.0281. The molecule has 2 N–H and O–H groups in total. The van der Waals surface area contributed by atoms with Gasteiger partial charge in [-0.1, -0.05) is 63.2 Å². The van der Waals surface area contributed by atoms with E-state index in [4.69, 9.17) is 0 Å². The van der Waals surface area contributed by atoms with E-state index in [1.165, 1.54) is 5.56 Å². The van der Waals surface area contributed by atoms with Crippen LogP contribution in [-0.2, 0) is 11.2 Å². The Kier molecular flexibility index (Phi) is 8.60. The Balaban J connectivity index is 2.07. The smallest absolute Gasteiger partial charge is 0.252 e. The number of likely N-dealkylation sites (N-methyl/N-ethyl adjacent to an activating group) is 1. The van der Waals surface area contributed by atoms with Crippen molar-refractivity contribution in [3.05, 3.63) is 70.8 Å². The summed E-state index contributed by atoms with van der Waals surface area (Å²) in [4.78, 5) is 27.8. The van der Waals surface area contributed by atoms with Crippen LogP contribution < -0.4 is 10.6 Å². The molecule has 0 radical (unpaired) electrons. The Bertz CT molecular complexity index is 844. The van der Waals surface area contributed by atoms with Gasteiger partial charge in [0.2, 0.25) is 5.91 Å². The van der Waals surface area contributed by atoms with Crippen molar-refractivity contribution in [2.75, 3.05) is 20.6 Å². The first kappa shape index (κ1) is 23.6. The molecule has 0 saturated heterocycles. The molecule has 2 aromatic carbocycles. The predicted octanol–water partition coefficient (Wildman–Crippen LogP) is 3.73. The number of nitrogens with one attached hydrogen (secondary N) is 2. The van der Waals surface area contributed by atoms with Gasteiger partial charge in [-0.25, -0.2) is 0 Å². The summed E-state index contributed by atoms with van der Waals surface area (Å²) in [5.74, 6) is -0.412. The Labute approximate surface area is 180 Å². The highest BCUT2D eigenvalue weighted by molar-refractivity contribution is 5.98. The van der Waals surface area contributed by atoms with Gasteiger partial charge >= 0.3 is 0 Å². The zero-order valence-corrected chi connectivity index (χ0v) is 19.0. The second-order valence-corrected chi connectivity index (χ2v) is 8.33. The molecule has 0 aromatic heterocycles. The third-order valence-corrected chi connectivity index (χ3v) is 5.49. The number of amides is 2. The highest BCUT2D eigenvalue weighted by Crippen LogP contribution is 2.19. The van der Waals surface area contributed by atoms with Gasteiger partial charge in [-0.3, -0.25) is 9.59 Å². The number of carbonyl (C=O) groups excluding carboxylic acids is 2. The second-order valence-electron chi connectivity index (χ2n) is 8.33. The summed E-state index contributed by atoms with van der Waals surface area (Å²) in [7, 11) is 4.01. The number of nitrogens with zero attached hydrogens (tertiary/aromatic N) is 1. The Morgan fingerprint density at radius 2 is 1.63 bits per heavy atom. The molecule has 0 spiro atoms. The van der Waals surface area contributed by atoms with E-state index in [9.17, 15) is 9.59 Å². The standard InChI is InChI=1S/C25H35N3O2/c1-7-19-12-14-20(15-13-19)22(28(5)6)16-26-25(30)23(17(2)3)27-24(29)21-11-9-8-10-18(21)4/h8-15,17,22-23H,7,16H2,1-6H3,(H,26,30)(H,27,29). The van der Waals surface area contributed by atoms with E-state index in [-0.39, 0.29) is 23.8 Å². The van der Waals surface area contributed by atoms with Gasteiger partial charge < -0.3 is 15.5 Å². The van der Waals surface area contributed by atoms with Gasteiger partial charge in [-0.2, -0.15) is 0 Å². The van der Waals surface area contributed by atoms with E-state index in [0.717, 1.165) is 17.5 Å². The molecule has 0 aliphatic carbocycles. The van der Waals surface area contributed by atoms with Crippen LogP contribution >= 0.6 is 0 Å². The van der Waals surface area contributed by atoms with Crippen LogP contribution in [0, 0.1) is 12.8 Å². The normalized spacial score (nSPS) is 13.2. The molecule has 5 nitrogen and oxygen atoms in total. The average Bonchev–Trinajstić information content (AvgIpc) is 2.72. The third-order valence-electron chi connectivity index (χ3n) is 5.49. The number of aryl methyl sites for hydroxylation is 2. The van der Waals surface area contributed by atoms with Crippen molar-refractivity contribution in [1.82, 2.24) is 15.5 Å². The summed E-state index contributed by atoms with van der Waals surface area (Å²) in [6.45, 7) is 8.38. The molecule has 0 aliphatic heterocycles. The molecule has 0 fully saturated rings. The van der Waals surface area contributed by atoms with Crippen LogP contribution in [0.15, 0.2) is 48.5 Å². The maximum Gasteiger partial charge on any atom is 0.252 e. The van der Waals surface area contributed by atoms with Crippen molar-refractivity contribution in [2.45, 2.75) is 46.2 Å². The molecule has 0 saturated carbocycles. The second kappa shape index (κ2) is 10.9. The molecule has 162 valence electrons. The number of rotatable bonds is 9. The Morgan fingerprint density at radius 3 is 2.17 bits per heavy atom. The fourth-order valence-electron chi connectivity index (χ4n) is 3.46. The molecule has 2 unspecified atom stereocenters. The lowest BCUT2D eigenvalue weighted by atomic mass is 10.0. The van der Waals surface area contributed by atoms with Crippen molar-refractivity contribution in [2.24, 2.45) is 5.92 Å². The third kappa shape index (κ3) is 6.17. The zero-order chi connectivity index (χ0) is 22.3. The molecule has 2 atom stereocenters. The first-order chi connectivity index (χ1) is 14.2. The van der Waals surface area contributed by atoms with Crippen LogP contribution in [0.3, 0.4) is 0 Å². The Morgan fingerprint density at radius 1 is 1.00 bits per heavy atom. The molecule has 2 rings (SSSR count). The molecular weight excluding hydrogens is 374 g/mol. The van der Waals surface area contributed by atoms with Crippen LogP contribution in [0.4, 0.5) is 0 Å². The van der Waals surface area contributed by atoms with Crippen LogP contribution in [0.5, 0.6) is 0 Å². The molecule has 2 aromatic rings. The molecule has 5 heteroatoms. The average molecular weight is 410 g/mol. The molecule has 0 heterocycles. The first-order valence-corrected chi connectivity index (χ1v) is 10.6. The van der Waals surface area contributed by atoms with Gasteiger partial charge in [0.1, 0.15) is 6.04 Å². The summed E-state index contributed by atoms with van der Waals surface area (Å²) in [5, 5.41) is 5.97. The minimum atomic E-state index is -0.595. The summed E-state index contributed by atoms with van der Waals surface area (Å²) < 4.78 is 0. The Hall–Kier alpha value is -2.66. The van der Waals surface area contributed by atoms with Gasteiger partial charge in [0.25, 0.3) is 5.91 Å². The topological polar surface area (TPSA) is 61.4 Å². The highest BCUT2D eigenvalue weighted by atomic mass is 16.2. The highest BCUT2D eigenvalue weighted by Gasteiger charge is 2.26. The molecule has 0 bridgehead atoms. The largest absolute Gasteiger partial charge is 0.352 e. The first-order valence-electron chi connectivity index (χ1n) is 10.6. The van der Waals surface area contributed by atoms with Gasteiger partial charge in [0.05, 0.1) is 6.04 Å². The zero-order valence-electron chi connectivity index (χ0n) is 19.0. The number of benzene rings is 2. The van der Waals surface area contributed by atoms with E-state index >= 15 is 0 Å². The van der Waals surface area contributed by atoms with E-state index < -0.39 is 6.04 Å². The molecule has 0 aliphatic rings. The number of carbonyl (C=O) groups is 2. The summed E-state index contributed by atoms with van der Waals surface area (Å²) in [6, 6.07) is 15.4. The summed E-state index contributed by atoms with van der Waals surface area (Å²) in [6.07, 6.45) is 1.00. The van der Waals surface area contributed by atoms with Crippen LogP contribution in [-0.4, -0.2) is 43.4 Å². The van der Waals surface area contributed by atoms with Gasteiger partial charge in [0, 0.05) is 12.1 Å². The lowest BCUT2D eigenvalue weighted by Gasteiger charge is -2.27. The summed E-state index contributed by atoms with van der Waals surface area (Å²) in [5.41, 5.74) is 3.93. The van der Waals surface area contributed by atoms with E-state index in [1.54, 1.807) is 6.07 Å². The van der Waals surface area contributed by atoms with Crippen molar-refractivity contribution < 1.29 is 9.59 Å². The van der Waals surface area contributed by atoms with Gasteiger partial charge in [-0.15, -0.1) is 0 Å². The maximum atomic E-state index is 13.0. The molecule has 30 heavy (non-hydrogen) atoms. The monoisotopic (exact) mass is 409 g/mol. The fraction of sp³-hybridized carbons (Fsp3) is 0.440. The van der Waals surface area contributed by atoms with Crippen molar-refractivity contribution >= 4 is 11.8 Å². The quantitative estimate of drug-likeness (QED) is 0.663. The van der Waals surface area contributed by atoms with Crippen molar-refractivity contribution in [3.8, 4) is 0 Å². The van der Waals surface area contributed by atoms with Gasteiger partial charge in [-0.05, 0) is 56.1 Å². The minimum Gasteiger partial charge on any atom is -0.352 e. The van der Waals surface area contributed by atoms with Crippen LogP contribution in [0.25, 0.3) is 0 Å². The van der Waals surface area contributed by atoms with E-state index in [2.05, 4.69) is 46.7 Å². The van der Waals surface area contributed by atoms with E-state index in [0.29, 0.717) is 12.1 Å². The molecular formula is C25H35N3O2. The maximum absolute atomic E-state index is 13.0. The molecule has 2 amide bonds. The predicted molar refractivity (Wildman–Crippen MR) is 123 cm³/mol. The number of hydrogen-bond donors (Lipinski definition) is 2. The van der Waals surface area contributed by atoms with Crippen molar-refractivity contribution in [1.29, 1.82) is 0 Å². The lowest BCUT2D eigenvalue weighted by Crippen LogP contribution is -2.51. The van der Waals surface area contributed by atoms with Gasteiger partial charge in [0.15, 0.2) is 0 Å². The van der Waals surface area contributed by atoms with Crippen LogP contribution in [0.1, 0.15) is 53.9 Å².